The molecule has 2 aromatic rings. The summed E-state index contributed by atoms with van der Waals surface area (Å²) < 4.78 is 44.0. The molecule has 0 radical (unpaired) electrons. The highest BCUT2D eigenvalue weighted by Crippen LogP contribution is 2.30. The number of carboxylic acids is 1. The molecule has 1 saturated carbocycles. The lowest BCUT2D eigenvalue weighted by molar-refractivity contribution is -0.173. The van der Waals surface area contributed by atoms with Crippen LogP contribution in [-0.2, 0) is 16.0 Å². The summed E-state index contributed by atoms with van der Waals surface area (Å²) in [5.41, 5.74) is 2.05. The van der Waals surface area contributed by atoms with Crippen molar-refractivity contribution in [3.63, 3.8) is 0 Å². The highest BCUT2D eigenvalue weighted by atomic mass is 19.3. The second kappa shape index (κ2) is 13.5. The van der Waals surface area contributed by atoms with E-state index in [4.69, 9.17) is 0 Å². The highest BCUT2D eigenvalue weighted by molar-refractivity contribution is 6.03. The van der Waals surface area contributed by atoms with Crippen LogP contribution in [0.1, 0.15) is 55.1 Å². The van der Waals surface area contributed by atoms with Crippen LogP contribution >= 0.6 is 0 Å². The number of fused-ring (bicyclic) bond motifs is 1. The Labute approximate surface area is 192 Å². The molecule has 1 saturated heterocycles. The lowest BCUT2D eigenvalue weighted by atomic mass is 9.89. The lowest BCUT2D eigenvalue weighted by Crippen LogP contribution is -2.49. The Bertz CT molecular complexity index is 866. The first-order valence-electron chi connectivity index (χ1n) is 11.2. The molecule has 2 aliphatic rings. The van der Waals surface area contributed by atoms with Crippen LogP contribution in [0, 0.1) is 12.8 Å². The third-order valence-electron chi connectivity index (χ3n) is 5.82. The number of nitrogens with zero attached hydrogens (tertiary/aromatic N) is 2. The van der Waals surface area contributed by atoms with Gasteiger partial charge in [-0.1, -0.05) is 19.3 Å². The van der Waals surface area contributed by atoms with Crippen molar-refractivity contribution in [3.8, 4) is 0 Å². The third kappa shape index (κ3) is 8.28. The van der Waals surface area contributed by atoms with Gasteiger partial charge < -0.3 is 24.5 Å². The van der Waals surface area contributed by atoms with Crippen molar-refractivity contribution in [2.45, 2.75) is 71.6 Å². The molecular formula is C23H34F3N3O4. The summed E-state index contributed by atoms with van der Waals surface area (Å²) in [6.45, 7) is 2.64. The summed E-state index contributed by atoms with van der Waals surface area (Å²) in [6.07, 6.45) is 6.78. The molecule has 33 heavy (non-hydrogen) atoms. The predicted molar refractivity (Wildman–Crippen MR) is 119 cm³/mol. The molecule has 0 spiro atoms. The third-order valence-corrected chi connectivity index (χ3v) is 5.82. The molecule has 1 unspecified atom stereocenters. The maximum absolute atomic E-state index is 11.5. The zero-order valence-corrected chi connectivity index (χ0v) is 19.4. The van der Waals surface area contributed by atoms with E-state index >= 15 is 0 Å². The van der Waals surface area contributed by atoms with Crippen molar-refractivity contribution in [3.05, 3.63) is 29.6 Å². The first-order valence-corrected chi connectivity index (χ1v) is 11.2. The number of carboxylic acid groups (broad SMARTS) is 1. The molecule has 7 nitrogen and oxygen atoms in total. The van der Waals surface area contributed by atoms with E-state index in [9.17, 15) is 23.1 Å². The van der Waals surface area contributed by atoms with Gasteiger partial charge in [0.1, 0.15) is 5.65 Å². The largest absolute Gasteiger partial charge is 0.478 e. The van der Waals surface area contributed by atoms with E-state index in [0.29, 0.717) is 24.6 Å². The number of carbonyl (C=O) groups is 1. The van der Waals surface area contributed by atoms with Gasteiger partial charge in [0.2, 0.25) is 0 Å². The Kier molecular flexibility index (Phi) is 11.1. The zero-order valence-electron chi connectivity index (χ0n) is 19.4. The Morgan fingerprint density at radius 2 is 1.91 bits per heavy atom. The summed E-state index contributed by atoms with van der Waals surface area (Å²) in [5, 5.41) is 13.0. The number of ether oxygens (including phenoxy) is 2. The number of nitrogens with one attached hydrogen (secondary N) is 1. The molecule has 0 aromatic carbocycles. The molecule has 0 bridgehead atoms. The molecular weight excluding hydrogens is 439 g/mol. The van der Waals surface area contributed by atoms with Gasteiger partial charge in [-0.3, -0.25) is 0 Å². The maximum Gasteiger partial charge on any atom is 0.345 e. The van der Waals surface area contributed by atoms with Crippen molar-refractivity contribution < 1.29 is 32.5 Å². The van der Waals surface area contributed by atoms with E-state index in [1.54, 1.807) is 12.3 Å². The average molecular weight is 474 g/mol. The quantitative estimate of drug-likeness (QED) is 0.629. The van der Waals surface area contributed by atoms with Crippen molar-refractivity contribution >= 4 is 17.0 Å². The fourth-order valence-corrected chi connectivity index (χ4v) is 3.92. The van der Waals surface area contributed by atoms with E-state index in [-0.39, 0.29) is 6.10 Å². The van der Waals surface area contributed by atoms with Gasteiger partial charge >= 0.3 is 12.6 Å². The second-order valence-corrected chi connectivity index (χ2v) is 8.21. The van der Waals surface area contributed by atoms with Crippen LogP contribution in [0.3, 0.4) is 0 Å². The molecule has 1 aliphatic heterocycles. The maximum atomic E-state index is 11.5. The van der Waals surface area contributed by atoms with Crippen LogP contribution in [0.4, 0.5) is 13.2 Å². The van der Waals surface area contributed by atoms with Crippen molar-refractivity contribution in [2.24, 2.45) is 5.92 Å². The number of aromatic nitrogens is 2. The highest BCUT2D eigenvalue weighted by Gasteiger charge is 2.23. The summed E-state index contributed by atoms with van der Waals surface area (Å²) in [6, 6.07) is 3.66. The van der Waals surface area contributed by atoms with Crippen molar-refractivity contribution in [2.75, 3.05) is 20.2 Å². The molecule has 0 amide bonds. The minimum atomic E-state index is -2.61. The number of pyridine rings is 1. The van der Waals surface area contributed by atoms with Gasteiger partial charge in [0.25, 0.3) is 0 Å². The van der Waals surface area contributed by atoms with E-state index in [1.807, 2.05) is 13.0 Å². The lowest BCUT2D eigenvalue weighted by Gasteiger charge is -2.26. The average Bonchev–Trinajstić information content (AvgIpc) is 3.04. The van der Waals surface area contributed by atoms with Gasteiger partial charge in [-0.05, 0) is 44.7 Å². The normalized spacial score (nSPS) is 17.5. The van der Waals surface area contributed by atoms with Crippen LogP contribution in [0.25, 0.3) is 11.0 Å². The SMILES string of the molecule is COC(C)F.Cc1c(C(=O)O)c2cccnc2n1CC1CCCCC1.FC(F)OC1CNC1. The van der Waals surface area contributed by atoms with Gasteiger partial charge in [0.05, 0.1) is 11.7 Å². The Morgan fingerprint density at radius 3 is 2.36 bits per heavy atom. The van der Waals surface area contributed by atoms with Gasteiger partial charge in [-0.25, -0.2) is 14.2 Å². The number of halogens is 3. The minimum Gasteiger partial charge on any atom is -0.478 e. The fourth-order valence-electron chi connectivity index (χ4n) is 3.92. The summed E-state index contributed by atoms with van der Waals surface area (Å²) >= 11 is 0. The molecule has 2 N–H and O–H groups in total. The number of aromatic carboxylic acids is 1. The number of rotatable bonds is 6. The van der Waals surface area contributed by atoms with E-state index in [2.05, 4.69) is 24.3 Å². The number of methoxy groups -OCH3 is 1. The fraction of sp³-hybridized carbons (Fsp3) is 0.652. The minimum absolute atomic E-state index is 0.255. The zero-order chi connectivity index (χ0) is 24.4. The summed E-state index contributed by atoms with van der Waals surface area (Å²) in [5.74, 6) is -0.204. The van der Waals surface area contributed by atoms with Crippen molar-refractivity contribution in [1.82, 2.24) is 14.9 Å². The van der Waals surface area contributed by atoms with Crippen LogP contribution in [0.15, 0.2) is 18.3 Å². The smallest absolute Gasteiger partial charge is 0.345 e. The molecule has 2 fully saturated rings. The van der Waals surface area contributed by atoms with Gasteiger partial charge in [0.15, 0.2) is 6.36 Å². The van der Waals surface area contributed by atoms with Crippen LogP contribution in [-0.4, -0.2) is 59.9 Å². The summed E-state index contributed by atoms with van der Waals surface area (Å²) in [4.78, 5) is 15.9. The molecule has 4 rings (SSSR count). The molecule has 186 valence electrons. The first kappa shape index (κ1) is 27.1. The molecule has 1 aliphatic carbocycles. The van der Waals surface area contributed by atoms with Gasteiger partial charge in [-0.15, -0.1) is 0 Å². The number of alkyl halides is 3. The predicted octanol–water partition coefficient (Wildman–Crippen LogP) is 4.77. The van der Waals surface area contributed by atoms with Crippen LogP contribution in [0.2, 0.25) is 0 Å². The van der Waals surface area contributed by atoms with Crippen molar-refractivity contribution in [1.29, 1.82) is 0 Å². The van der Waals surface area contributed by atoms with Gasteiger partial charge in [-0.2, -0.15) is 8.78 Å². The number of hydrogen-bond donors (Lipinski definition) is 2. The Hall–Kier alpha value is -2.17. The molecule has 2 aromatic heterocycles. The van der Waals surface area contributed by atoms with E-state index < -0.39 is 18.9 Å². The molecule has 3 heterocycles. The molecule has 1 atom stereocenters. The summed E-state index contributed by atoms with van der Waals surface area (Å²) in [7, 11) is 1.32. The van der Waals surface area contributed by atoms with E-state index in [0.717, 1.165) is 23.3 Å². The number of hydrogen-bond acceptors (Lipinski definition) is 5. The van der Waals surface area contributed by atoms with Gasteiger partial charge in [0, 0.05) is 44.0 Å². The van der Waals surface area contributed by atoms with Crippen LogP contribution < -0.4 is 5.32 Å². The standard InChI is InChI=1S/C16H20N2O2.C4H7F2NO.C3H7FO/c1-11-14(16(19)20)13-8-5-9-17-15(13)18(11)10-12-6-3-2-4-7-12;5-4(6)8-3-1-7-2-3;1-3(4)5-2/h5,8-9,12H,2-4,6-7,10H2,1H3,(H,19,20);3-4,7H,1-2H2;3H,1-2H3. The Morgan fingerprint density at radius 1 is 1.27 bits per heavy atom. The van der Waals surface area contributed by atoms with E-state index in [1.165, 1.54) is 46.1 Å². The molecule has 10 heteroatoms. The monoisotopic (exact) mass is 473 g/mol. The van der Waals surface area contributed by atoms with Crippen LogP contribution in [0.5, 0.6) is 0 Å². The first-order chi connectivity index (χ1) is 15.7. The Balaban J connectivity index is 0.000000244. The second-order valence-electron chi connectivity index (χ2n) is 8.21. The topological polar surface area (TPSA) is 85.6 Å².